The quantitative estimate of drug-likeness (QED) is 0.713. The minimum absolute atomic E-state index is 0.159. The Labute approximate surface area is 169 Å². The molecule has 1 saturated heterocycles. The Bertz CT molecular complexity index is 732. The molecule has 0 radical (unpaired) electrons. The summed E-state index contributed by atoms with van der Waals surface area (Å²) in [5.41, 5.74) is 1.93. The Morgan fingerprint density at radius 3 is 2.73 bits per heavy atom. The van der Waals surface area contributed by atoms with Crippen molar-refractivity contribution in [2.24, 2.45) is 0 Å². The van der Waals surface area contributed by atoms with Crippen molar-refractivity contribution in [3.8, 4) is 0 Å². The van der Waals surface area contributed by atoms with Gasteiger partial charge < -0.3 is 15.4 Å². The lowest BCUT2D eigenvalue weighted by Gasteiger charge is -2.38. The highest BCUT2D eigenvalue weighted by Gasteiger charge is 2.29. The second kappa shape index (κ2) is 9.15. The summed E-state index contributed by atoms with van der Waals surface area (Å²) in [5, 5.41) is 10.2. The van der Waals surface area contributed by atoms with E-state index < -0.39 is 0 Å². The zero-order valence-corrected chi connectivity index (χ0v) is 17.4. The van der Waals surface area contributed by atoms with Gasteiger partial charge in [-0.25, -0.2) is 0 Å². The summed E-state index contributed by atoms with van der Waals surface area (Å²) in [6, 6.07) is 10.5. The van der Waals surface area contributed by atoms with E-state index in [0.29, 0.717) is 5.11 Å². The van der Waals surface area contributed by atoms with Crippen LogP contribution in [0.2, 0.25) is 5.02 Å². The predicted molar refractivity (Wildman–Crippen MR) is 114 cm³/mol. The van der Waals surface area contributed by atoms with Crippen LogP contribution in [0, 0.1) is 6.92 Å². The summed E-state index contributed by atoms with van der Waals surface area (Å²) in [5.74, 6) is 0. The molecule has 2 unspecified atom stereocenters. The fraction of sp³-hybridized carbons (Fsp3) is 0.421. The highest BCUT2D eigenvalue weighted by molar-refractivity contribution is 7.80. The standard InChI is InChI=1S/C19H24ClN3OS2/c1-13-15(20)5-3-6-16(13)22-19(25)21-14(2)18(17-7-4-12-26-17)23-8-10-24-11-9-23/h3-7,12,14,18H,8-11H2,1-2H3,(H2,21,22,25). The van der Waals surface area contributed by atoms with Gasteiger partial charge in [0.15, 0.2) is 5.11 Å². The molecule has 7 heteroatoms. The topological polar surface area (TPSA) is 36.5 Å². The molecule has 2 heterocycles. The van der Waals surface area contributed by atoms with Crippen LogP contribution in [0.5, 0.6) is 0 Å². The van der Waals surface area contributed by atoms with Crippen LogP contribution >= 0.6 is 35.2 Å². The molecule has 0 spiro atoms. The first-order valence-electron chi connectivity index (χ1n) is 8.74. The van der Waals surface area contributed by atoms with Crippen LogP contribution in [-0.2, 0) is 4.74 Å². The van der Waals surface area contributed by atoms with Gasteiger partial charge in [0.1, 0.15) is 0 Å². The number of morpholine rings is 1. The van der Waals surface area contributed by atoms with Crippen molar-refractivity contribution in [2.75, 3.05) is 31.6 Å². The molecule has 1 aromatic carbocycles. The van der Waals surface area contributed by atoms with E-state index in [-0.39, 0.29) is 12.1 Å². The fourth-order valence-corrected chi connectivity index (χ4v) is 4.68. The average molecular weight is 410 g/mol. The van der Waals surface area contributed by atoms with Gasteiger partial charge in [-0.3, -0.25) is 4.90 Å². The number of anilines is 1. The summed E-state index contributed by atoms with van der Waals surface area (Å²) in [7, 11) is 0. The molecule has 2 N–H and O–H groups in total. The van der Waals surface area contributed by atoms with E-state index in [9.17, 15) is 0 Å². The third kappa shape index (κ3) is 4.75. The van der Waals surface area contributed by atoms with Crippen molar-refractivity contribution in [2.45, 2.75) is 25.9 Å². The molecule has 1 aliphatic heterocycles. The number of rotatable bonds is 5. The number of hydrogen-bond donors (Lipinski definition) is 2. The number of halogens is 1. The van der Waals surface area contributed by atoms with E-state index >= 15 is 0 Å². The first-order chi connectivity index (χ1) is 12.6. The number of benzene rings is 1. The Morgan fingerprint density at radius 1 is 1.27 bits per heavy atom. The second-order valence-corrected chi connectivity index (χ2v) is 8.20. The number of nitrogens with one attached hydrogen (secondary N) is 2. The zero-order chi connectivity index (χ0) is 18.5. The van der Waals surface area contributed by atoms with Crippen molar-refractivity contribution in [3.05, 3.63) is 51.2 Å². The van der Waals surface area contributed by atoms with Gasteiger partial charge in [0.2, 0.25) is 0 Å². The van der Waals surface area contributed by atoms with Crippen molar-refractivity contribution in [3.63, 3.8) is 0 Å². The second-order valence-electron chi connectivity index (χ2n) is 6.41. The van der Waals surface area contributed by atoms with Gasteiger partial charge in [0, 0.05) is 34.7 Å². The Balaban J connectivity index is 1.69. The number of hydrogen-bond acceptors (Lipinski definition) is 4. The predicted octanol–water partition coefficient (Wildman–Crippen LogP) is 4.46. The van der Waals surface area contributed by atoms with Gasteiger partial charge in [-0.2, -0.15) is 0 Å². The van der Waals surface area contributed by atoms with E-state index in [1.54, 1.807) is 11.3 Å². The lowest BCUT2D eigenvalue weighted by atomic mass is 10.1. The van der Waals surface area contributed by atoms with Crippen LogP contribution in [0.25, 0.3) is 0 Å². The van der Waals surface area contributed by atoms with Crippen LogP contribution < -0.4 is 10.6 Å². The van der Waals surface area contributed by atoms with Gasteiger partial charge in [-0.05, 0) is 55.2 Å². The van der Waals surface area contributed by atoms with Crippen molar-refractivity contribution < 1.29 is 4.74 Å². The number of ether oxygens (including phenoxy) is 1. The molecule has 2 atom stereocenters. The number of thiophene rings is 1. The summed E-state index contributed by atoms with van der Waals surface area (Å²) < 4.78 is 5.52. The van der Waals surface area contributed by atoms with Crippen molar-refractivity contribution >= 4 is 46.0 Å². The van der Waals surface area contributed by atoms with Gasteiger partial charge in [0.05, 0.1) is 19.3 Å². The van der Waals surface area contributed by atoms with Crippen LogP contribution in [-0.4, -0.2) is 42.4 Å². The zero-order valence-electron chi connectivity index (χ0n) is 15.0. The molecule has 1 fully saturated rings. The first-order valence-corrected chi connectivity index (χ1v) is 10.4. The van der Waals surface area contributed by atoms with Gasteiger partial charge in [-0.15, -0.1) is 11.3 Å². The molecule has 0 aliphatic carbocycles. The third-order valence-corrected chi connectivity index (χ3v) is 6.19. The van der Waals surface area contributed by atoms with Gasteiger partial charge in [0.25, 0.3) is 0 Å². The van der Waals surface area contributed by atoms with Crippen LogP contribution in [0.3, 0.4) is 0 Å². The van der Waals surface area contributed by atoms with Crippen molar-refractivity contribution in [1.29, 1.82) is 0 Å². The van der Waals surface area contributed by atoms with Gasteiger partial charge in [-0.1, -0.05) is 23.7 Å². The largest absolute Gasteiger partial charge is 0.379 e. The first kappa shape index (κ1) is 19.6. The van der Waals surface area contributed by atoms with E-state index in [1.807, 2.05) is 25.1 Å². The van der Waals surface area contributed by atoms with E-state index in [0.717, 1.165) is 42.6 Å². The Morgan fingerprint density at radius 2 is 2.04 bits per heavy atom. The molecule has 3 rings (SSSR count). The molecule has 0 saturated carbocycles. The average Bonchev–Trinajstić information content (AvgIpc) is 3.14. The van der Waals surface area contributed by atoms with E-state index in [1.165, 1.54) is 4.88 Å². The maximum atomic E-state index is 6.20. The Kier molecular flexibility index (Phi) is 6.89. The minimum Gasteiger partial charge on any atom is -0.379 e. The fourth-order valence-electron chi connectivity index (χ4n) is 3.24. The lowest BCUT2D eigenvalue weighted by molar-refractivity contribution is 0.0110. The maximum Gasteiger partial charge on any atom is 0.171 e. The smallest absolute Gasteiger partial charge is 0.171 e. The maximum absolute atomic E-state index is 6.20. The van der Waals surface area contributed by atoms with Gasteiger partial charge >= 0.3 is 0 Å². The van der Waals surface area contributed by atoms with E-state index in [4.69, 9.17) is 28.6 Å². The SMILES string of the molecule is Cc1c(Cl)cccc1NC(=S)NC(C)C(c1cccs1)N1CCOCC1. The monoisotopic (exact) mass is 409 g/mol. The van der Waals surface area contributed by atoms with Crippen LogP contribution in [0.4, 0.5) is 5.69 Å². The van der Waals surface area contributed by atoms with Crippen LogP contribution in [0.15, 0.2) is 35.7 Å². The minimum atomic E-state index is 0.159. The summed E-state index contributed by atoms with van der Waals surface area (Å²) in [6.45, 7) is 7.58. The molecule has 0 amide bonds. The third-order valence-electron chi connectivity index (χ3n) is 4.62. The molecule has 26 heavy (non-hydrogen) atoms. The molecule has 2 aromatic rings. The normalized spacial score (nSPS) is 17.5. The lowest BCUT2D eigenvalue weighted by Crippen LogP contribution is -2.49. The molecular weight excluding hydrogens is 386 g/mol. The molecule has 140 valence electrons. The number of thiocarbonyl (C=S) groups is 1. The molecule has 4 nitrogen and oxygen atoms in total. The summed E-state index contributed by atoms with van der Waals surface area (Å²) in [6.07, 6.45) is 0. The summed E-state index contributed by atoms with van der Waals surface area (Å²) >= 11 is 13.5. The highest BCUT2D eigenvalue weighted by atomic mass is 35.5. The highest BCUT2D eigenvalue weighted by Crippen LogP contribution is 2.29. The van der Waals surface area contributed by atoms with E-state index in [2.05, 4.69) is 40.0 Å². The Hall–Kier alpha value is -1.18. The molecular formula is C19H24ClN3OS2. The summed E-state index contributed by atoms with van der Waals surface area (Å²) in [4.78, 5) is 3.81. The number of nitrogens with zero attached hydrogens (tertiary/aromatic N) is 1. The molecule has 0 bridgehead atoms. The molecule has 1 aliphatic rings. The van der Waals surface area contributed by atoms with Crippen LogP contribution in [0.1, 0.15) is 23.4 Å². The molecule has 1 aromatic heterocycles. The van der Waals surface area contributed by atoms with Crippen molar-refractivity contribution in [1.82, 2.24) is 10.2 Å².